The normalized spacial score (nSPS) is 15.7. The Balaban J connectivity index is 2.01. The molecule has 1 atom stereocenters. The van der Waals surface area contributed by atoms with Crippen molar-refractivity contribution in [1.29, 1.82) is 0 Å². The van der Waals surface area contributed by atoms with E-state index in [-0.39, 0.29) is 12.5 Å². The van der Waals surface area contributed by atoms with Gasteiger partial charge in [0.05, 0.1) is 12.1 Å². The summed E-state index contributed by atoms with van der Waals surface area (Å²) in [5.74, 6) is 0.654. The van der Waals surface area contributed by atoms with Crippen molar-refractivity contribution in [3.8, 4) is 5.00 Å². The van der Waals surface area contributed by atoms with Crippen molar-refractivity contribution in [2.75, 3.05) is 0 Å². The van der Waals surface area contributed by atoms with Gasteiger partial charge >= 0.3 is 5.97 Å². The Morgan fingerprint density at radius 2 is 2.07 bits per heavy atom. The minimum Gasteiger partial charge on any atom is -0.481 e. The molecule has 1 aromatic carbocycles. The number of rotatable bonds is 4. The van der Waals surface area contributed by atoms with Crippen molar-refractivity contribution in [3.63, 3.8) is 0 Å². The molecule has 2 aromatic heterocycles. The van der Waals surface area contributed by atoms with E-state index >= 15 is 0 Å². The predicted molar refractivity (Wildman–Crippen MR) is 105 cm³/mol. The summed E-state index contributed by atoms with van der Waals surface area (Å²) in [6.45, 7) is 3.95. The van der Waals surface area contributed by atoms with Crippen molar-refractivity contribution in [3.05, 3.63) is 63.0 Å². The van der Waals surface area contributed by atoms with Crippen LogP contribution in [0, 0.1) is 6.92 Å². The SMILES string of the molecule is CCC1N=C(c2ccccc2Cl)c2cc(CC(=O)O)sc2-n2c(C)nnc21. The molecule has 1 N–H and O–H groups in total. The zero-order chi connectivity index (χ0) is 19.1. The standard InChI is InChI=1S/C19H17ClN4O2S/c1-3-15-18-23-22-10(2)24(18)19-13(8-11(27-19)9-16(25)26)17(21-15)12-6-4-5-7-14(12)20/h4-8,15H,3,9H2,1-2H3,(H,25,26). The van der Waals surface area contributed by atoms with E-state index in [4.69, 9.17) is 16.6 Å². The number of fused-ring (bicyclic) bond motifs is 3. The molecule has 0 amide bonds. The summed E-state index contributed by atoms with van der Waals surface area (Å²) >= 11 is 7.90. The number of benzene rings is 1. The van der Waals surface area contributed by atoms with Crippen LogP contribution in [0.2, 0.25) is 5.02 Å². The molecule has 0 spiro atoms. The summed E-state index contributed by atoms with van der Waals surface area (Å²) in [6, 6.07) is 9.32. The van der Waals surface area contributed by atoms with Gasteiger partial charge in [-0.25, -0.2) is 0 Å². The number of carboxylic acids is 1. The molecule has 138 valence electrons. The molecule has 1 unspecified atom stereocenters. The highest BCUT2D eigenvalue weighted by atomic mass is 35.5. The minimum absolute atomic E-state index is 0.0405. The second-order valence-corrected chi connectivity index (χ2v) is 7.85. The van der Waals surface area contributed by atoms with E-state index in [2.05, 4.69) is 17.1 Å². The Labute approximate surface area is 165 Å². The first-order valence-electron chi connectivity index (χ1n) is 8.59. The average molecular weight is 401 g/mol. The van der Waals surface area contributed by atoms with Gasteiger partial charge in [-0.05, 0) is 25.5 Å². The van der Waals surface area contributed by atoms with Gasteiger partial charge in [0.1, 0.15) is 16.9 Å². The van der Waals surface area contributed by atoms with E-state index in [9.17, 15) is 9.90 Å². The molecule has 3 aromatic rings. The molecular formula is C19H17ClN4O2S. The molecule has 0 saturated heterocycles. The summed E-state index contributed by atoms with van der Waals surface area (Å²) in [4.78, 5) is 17.0. The molecule has 3 heterocycles. The highest BCUT2D eigenvalue weighted by molar-refractivity contribution is 7.15. The molecule has 1 aliphatic rings. The van der Waals surface area contributed by atoms with Crippen LogP contribution < -0.4 is 0 Å². The van der Waals surface area contributed by atoms with Crippen molar-refractivity contribution in [2.45, 2.75) is 32.7 Å². The monoisotopic (exact) mass is 400 g/mol. The van der Waals surface area contributed by atoms with Crippen molar-refractivity contribution < 1.29 is 9.90 Å². The smallest absolute Gasteiger partial charge is 0.308 e. The van der Waals surface area contributed by atoms with Gasteiger partial charge in [-0.3, -0.25) is 14.4 Å². The van der Waals surface area contributed by atoms with Gasteiger partial charge in [0.15, 0.2) is 5.82 Å². The third-order valence-corrected chi connectivity index (χ3v) is 5.95. The van der Waals surface area contributed by atoms with Crippen LogP contribution in [-0.4, -0.2) is 31.6 Å². The van der Waals surface area contributed by atoms with Gasteiger partial charge in [0.25, 0.3) is 0 Å². The molecule has 4 rings (SSSR count). The van der Waals surface area contributed by atoms with Gasteiger partial charge in [0, 0.05) is 21.0 Å². The molecule has 6 nitrogen and oxygen atoms in total. The first-order chi connectivity index (χ1) is 13.0. The van der Waals surface area contributed by atoms with Gasteiger partial charge in [0.2, 0.25) is 0 Å². The van der Waals surface area contributed by atoms with Crippen LogP contribution in [0.4, 0.5) is 0 Å². The first kappa shape index (κ1) is 17.9. The maximum Gasteiger partial charge on any atom is 0.308 e. The van der Waals surface area contributed by atoms with E-state index in [1.807, 2.05) is 41.8 Å². The fraction of sp³-hybridized carbons (Fsp3) is 0.263. The van der Waals surface area contributed by atoms with E-state index in [0.29, 0.717) is 5.02 Å². The summed E-state index contributed by atoms with van der Waals surface area (Å²) < 4.78 is 1.99. The number of nitrogens with zero attached hydrogens (tertiary/aromatic N) is 4. The van der Waals surface area contributed by atoms with E-state index in [1.54, 1.807) is 0 Å². The highest BCUT2D eigenvalue weighted by Crippen LogP contribution is 2.38. The first-order valence-corrected chi connectivity index (χ1v) is 9.79. The number of halogens is 1. The number of carboxylic acid groups (broad SMARTS) is 1. The zero-order valence-electron chi connectivity index (χ0n) is 14.8. The van der Waals surface area contributed by atoms with Crippen molar-refractivity contribution in [1.82, 2.24) is 14.8 Å². The molecule has 0 saturated carbocycles. The van der Waals surface area contributed by atoms with Gasteiger partial charge in [-0.2, -0.15) is 0 Å². The fourth-order valence-electron chi connectivity index (χ4n) is 3.27. The number of thiophene rings is 1. The second kappa shape index (κ2) is 6.90. The Bertz CT molecular complexity index is 1070. The summed E-state index contributed by atoms with van der Waals surface area (Å²) in [6.07, 6.45) is 0.726. The molecular weight excluding hydrogens is 384 g/mol. The number of hydrogen-bond acceptors (Lipinski definition) is 5. The molecule has 1 aliphatic heterocycles. The summed E-state index contributed by atoms with van der Waals surface area (Å²) in [5, 5.41) is 19.3. The molecule has 27 heavy (non-hydrogen) atoms. The van der Waals surface area contributed by atoms with Crippen LogP contribution in [0.15, 0.2) is 35.3 Å². The van der Waals surface area contributed by atoms with E-state index < -0.39 is 5.97 Å². The third-order valence-electron chi connectivity index (χ3n) is 4.50. The lowest BCUT2D eigenvalue weighted by Gasteiger charge is -2.10. The third kappa shape index (κ3) is 3.07. The van der Waals surface area contributed by atoms with E-state index in [1.165, 1.54) is 11.3 Å². The average Bonchev–Trinajstić information content (AvgIpc) is 3.16. The maximum atomic E-state index is 11.2. The molecule has 0 radical (unpaired) electrons. The van der Waals surface area contributed by atoms with Gasteiger partial charge in [-0.1, -0.05) is 36.7 Å². The lowest BCUT2D eigenvalue weighted by molar-refractivity contribution is -0.136. The minimum atomic E-state index is -0.866. The van der Waals surface area contributed by atoms with Crippen LogP contribution in [0.1, 0.15) is 47.0 Å². The number of hydrogen-bond donors (Lipinski definition) is 1. The van der Waals surface area contributed by atoms with Crippen LogP contribution in [0.25, 0.3) is 5.00 Å². The Morgan fingerprint density at radius 1 is 1.30 bits per heavy atom. The Kier molecular flexibility index (Phi) is 4.57. The van der Waals surface area contributed by atoms with Crippen LogP contribution in [0.5, 0.6) is 0 Å². The van der Waals surface area contributed by atoms with E-state index in [0.717, 1.165) is 44.8 Å². The maximum absolute atomic E-state index is 11.2. The fourth-order valence-corrected chi connectivity index (χ4v) is 4.70. The number of aromatic nitrogens is 3. The molecule has 0 aliphatic carbocycles. The van der Waals surface area contributed by atoms with Gasteiger partial charge in [-0.15, -0.1) is 21.5 Å². The largest absolute Gasteiger partial charge is 0.481 e. The van der Waals surface area contributed by atoms with Crippen molar-refractivity contribution >= 4 is 34.6 Å². The van der Waals surface area contributed by atoms with Crippen molar-refractivity contribution in [2.24, 2.45) is 4.99 Å². The van der Waals surface area contributed by atoms with Crippen LogP contribution in [0.3, 0.4) is 0 Å². The lowest BCUT2D eigenvalue weighted by Crippen LogP contribution is -2.06. The lowest BCUT2D eigenvalue weighted by atomic mass is 10.0. The predicted octanol–water partition coefficient (Wildman–Crippen LogP) is 4.22. The second-order valence-electron chi connectivity index (χ2n) is 6.32. The number of aliphatic carboxylic acids is 1. The zero-order valence-corrected chi connectivity index (χ0v) is 16.4. The number of carbonyl (C=O) groups is 1. The van der Waals surface area contributed by atoms with Gasteiger partial charge < -0.3 is 5.11 Å². The topological polar surface area (TPSA) is 80.4 Å². The number of aliphatic imine (C=N–C) groups is 1. The Hall–Kier alpha value is -2.51. The quantitative estimate of drug-likeness (QED) is 0.710. The number of aryl methyl sites for hydroxylation is 1. The molecule has 8 heteroatoms. The van der Waals surface area contributed by atoms with Crippen LogP contribution in [-0.2, 0) is 11.2 Å². The molecule has 0 fully saturated rings. The summed E-state index contributed by atoms with van der Waals surface area (Å²) in [7, 11) is 0. The highest BCUT2D eigenvalue weighted by Gasteiger charge is 2.30. The van der Waals surface area contributed by atoms with Crippen LogP contribution >= 0.6 is 22.9 Å². The Morgan fingerprint density at radius 3 is 2.78 bits per heavy atom. The summed E-state index contributed by atoms with van der Waals surface area (Å²) in [5.41, 5.74) is 2.46. The molecule has 0 bridgehead atoms.